The molecule has 2 nitrogen and oxygen atoms in total. The maximum atomic E-state index is 9.80. The maximum absolute atomic E-state index is 9.80. The largest absolute Gasteiger partial charge is 0.489 e. The fraction of sp³-hybridized carbons (Fsp3) is 0.333. The summed E-state index contributed by atoms with van der Waals surface area (Å²) in [6, 6.07) is 12.5. The van der Waals surface area contributed by atoms with Gasteiger partial charge in [0.25, 0.3) is 0 Å². The van der Waals surface area contributed by atoms with Gasteiger partial charge in [0, 0.05) is 0 Å². The summed E-state index contributed by atoms with van der Waals surface area (Å²) in [5, 5.41) is 9.80. The Hall–Kier alpha value is -1.80. The van der Waals surface area contributed by atoms with Crippen molar-refractivity contribution in [2.24, 2.45) is 0 Å². The SMILES string of the molecule is Cc1cc(C)cc(COc2ccc3c(c2)CCC3O)c1. The van der Waals surface area contributed by atoms with Crippen molar-refractivity contribution in [3.8, 4) is 5.75 Å². The molecule has 2 heteroatoms. The molecule has 0 spiro atoms. The third kappa shape index (κ3) is 2.70. The van der Waals surface area contributed by atoms with Crippen molar-refractivity contribution in [3.05, 3.63) is 64.2 Å². The number of hydrogen-bond acceptors (Lipinski definition) is 2. The van der Waals surface area contributed by atoms with E-state index in [0.29, 0.717) is 6.61 Å². The minimum Gasteiger partial charge on any atom is -0.489 e. The third-order valence-electron chi connectivity index (χ3n) is 3.85. The van der Waals surface area contributed by atoms with Crippen molar-refractivity contribution in [1.82, 2.24) is 0 Å². The number of fused-ring (bicyclic) bond motifs is 1. The maximum Gasteiger partial charge on any atom is 0.120 e. The van der Waals surface area contributed by atoms with Gasteiger partial charge in [0.15, 0.2) is 0 Å². The zero-order chi connectivity index (χ0) is 14.1. The molecule has 2 aromatic carbocycles. The second-order valence-corrected chi connectivity index (χ2v) is 5.70. The number of ether oxygens (including phenoxy) is 1. The molecule has 0 aliphatic heterocycles. The van der Waals surface area contributed by atoms with Gasteiger partial charge in [-0.25, -0.2) is 0 Å². The van der Waals surface area contributed by atoms with Crippen molar-refractivity contribution in [2.75, 3.05) is 0 Å². The molecule has 1 aliphatic carbocycles. The molecule has 1 N–H and O–H groups in total. The smallest absolute Gasteiger partial charge is 0.120 e. The van der Waals surface area contributed by atoms with Crippen LogP contribution in [-0.2, 0) is 13.0 Å². The number of aliphatic hydroxyl groups is 1. The summed E-state index contributed by atoms with van der Waals surface area (Å²) in [5.41, 5.74) is 6.00. The van der Waals surface area contributed by atoms with Gasteiger partial charge in [0.1, 0.15) is 12.4 Å². The Morgan fingerprint density at radius 1 is 1.10 bits per heavy atom. The highest BCUT2D eigenvalue weighted by molar-refractivity contribution is 5.40. The zero-order valence-electron chi connectivity index (χ0n) is 12.0. The van der Waals surface area contributed by atoms with Gasteiger partial charge in [-0.1, -0.05) is 35.4 Å². The molecule has 0 heterocycles. The molecule has 0 fully saturated rings. The van der Waals surface area contributed by atoms with Gasteiger partial charge >= 0.3 is 0 Å². The summed E-state index contributed by atoms with van der Waals surface area (Å²) in [6.45, 7) is 4.80. The molecule has 0 saturated heterocycles. The Kier molecular flexibility index (Phi) is 3.49. The van der Waals surface area contributed by atoms with Crippen LogP contribution >= 0.6 is 0 Å². The van der Waals surface area contributed by atoms with E-state index in [4.69, 9.17) is 4.74 Å². The van der Waals surface area contributed by atoms with Crippen LogP contribution in [0.2, 0.25) is 0 Å². The average molecular weight is 268 g/mol. The quantitative estimate of drug-likeness (QED) is 0.916. The van der Waals surface area contributed by atoms with Crippen molar-refractivity contribution in [3.63, 3.8) is 0 Å². The van der Waals surface area contributed by atoms with E-state index < -0.39 is 0 Å². The van der Waals surface area contributed by atoms with Gasteiger partial charge in [-0.3, -0.25) is 0 Å². The van der Waals surface area contributed by atoms with E-state index in [1.54, 1.807) is 0 Å². The second-order valence-electron chi connectivity index (χ2n) is 5.70. The molecule has 1 unspecified atom stereocenters. The fourth-order valence-corrected chi connectivity index (χ4v) is 2.98. The normalized spacial score (nSPS) is 17.1. The Balaban J connectivity index is 1.72. The van der Waals surface area contributed by atoms with Crippen LogP contribution in [0.4, 0.5) is 0 Å². The zero-order valence-corrected chi connectivity index (χ0v) is 12.0. The molecule has 1 aliphatic rings. The number of benzene rings is 2. The Bertz CT molecular complexity index is 611. The van der Waals surface area contributed by atoms with Crippen LogP contribution in [-0.4, -0.2) is 5.11 Å². The standard InChI is InChI=1S/C18H20O2/c1-12-7-13(2)9-14(8-12)11-20-16-4-5-17-15(10-16)3-6-18(17)19/h4-5,7-10,18-19H,3,6,11H2,1-2H3. The molecule has 0 radical (unpaired) electrons. The topological polar surface area (TPSA) is 29.5 Å². The number of rotatable bonds is 3. The van der Waals surface area contributed by atoms with E-state index in [1.165, 1.54) is 22.3 Å². The van der Waals surface area contributed by atoms with E-state index in [0.717, 1.165) is 24.2 Å². The summed E-state index contributed by atoms with van der Waals surface area (Å²) in [4.78, 5) is 0. The van der Waals surface area contributed by atoms with Crippen LogP contribution in [0.15, 0.2) is 36.4 Å². The minimum atomic E-state index is -0.293. The van der Waals surface area contributed by atoms with E-state index >= 15 is 0 Å². The van der Waals surface area contributed by atoms with Gasteiger partial charge < -0.3 is 9.84 Å². The van der Waals surface area contributed by atoms with Gasteiger partial charge in [0.2, 0.25) is 0 Å². The highest BCUT2D eigenvalue weighted by Crippen LogP contribution is 2.33. The number of aliphatic hydroxyl groups excluding tert-OH is 1. The fourth-order valence-electron chi connectivity index (χ4n) is 2.98. The first-order valence-corrected chi connectivity index (χ1v) is 7.13. The van der Waals surface area contributed by atoms with Gasteiger partial charge in [-0.15, -0.1) is 0 Å². The van der Waals surface area contributed by atoms with Crippen molar-refractivity contribution < 1.29 is 9.84 Å². The predicted molar refractivity (Wildman–Crippen MR) is 80.0 cm³/mol. The lowest BCUT2D eigenvalue weighted by atomic mass is 10.1. The molecule has 0 bridgehead atoms. The van der Waals surface area contributed by atoms with Crippen LogP contribution in [0.3, 0.4) is 0 Å². The minimum absolute atomic E-state index is 0.293. The van der Waals surface area contributed by atoms with Gasteiger partial charge in [-0.05, 0) is 55.5 Å². The van der Waals surface area contributed by atoms with E-state index in [9.17, 15) is 5.11 Å². The Morgan fingerprint density at radius 3 is 2.60 bits per heavy atom. The molecule has 20 heavy (non-hydrogen) atoms. The molecule has 104 valence electrons. The molecular weight excluding hydrogens is 248 g/mol. The van der Waals surface area contributed by atoms with Gasteiger partial charge in [-0.2, -0.15) is 0 Å². The number of hydrogen-bond donors (Lipinski definition) is 1. The highest BCUT2D eigenvalue weighted by Gasteiger charge is 2.20. The van der Waals surface area contributed by atoms with E-state index in [-0.39, 0.29) is 6.10 Å². The Labute approximate surface area is 120 Å². The van der Waals surface area contributed by atoms with Crippen molar-refractivity contribution >= 4 is 0 Å². The molecule has 1 atom stereocenters. The first-order valence-electron chi connectivity index (χ1n) is 7.13. The molecule has 0 saturated carbocycles. The first-order chi connectivity index (χ1) is 9.61. The van der Waals surface area contributed by atoms with Crippen LogP contribution in [0.5, 0.6) is 5.75 Å². The molecule has 0 aromatic heterocycles. The third-order valence-corrected chi connectivity index (χ3v) is 3.85. The van der Waals surface area contributed by atoms with Crippen molar-refractivity contribution in [1.29, 1.82) is 0 Å². The van der Waals surface area contributed by atoms with Crippen molar-refractivity contribution in [2.45, 2.75) is 39.4 Å². The second kappa shape index (κ2) is 5.29. The molecular formula is C18H20O2. The summed E-state index contributed by atoms with van der Waals surface area (Å²) >= 11 is 0. The number of aryl methyl sites for hydroxylation is 3. The Morgan fingerprint density at radius 2 is 1.85 bits per heavy atom. The lowest BCUT2D eigenvalue weighted by Gasteiger charge is -2.10. The van der Waals surface area contributed by atoms with Crippen LogP contribution in [0.25, 0.3) is 0 Å². The lowest BCUT2D eigenvalue weighted by Crippen LogP contribution is -1.98. The van der Waals surface area contributed by atoms with Crippen LogP contribution < -0.4 is 4.74 Å². The summed E-state index contributed by atoms with van der Waals surface area (Å²) in [6.07, 6.45) is 1.48. The van der Waals surface area contributed by atoms with E-state index in [2.05, 4.69) is 38.1 Å². The molecule has 0 amide bonds. The summed E-state index contributed by atoms with van der Waals surface area (Å²) < 4.78 is 5.88. The molecule has 3 rings (SSSR count). The summed E-state index contributed by atoms with van der Waals surface area (Å²) in [5.74, 6) is 0.886. The first kappa shape index (κ1) is 13.2. The highest BCUT2D eigenvalue weighted by atomic mass is 16.5. The monoisotopic (exact) mass is 268 g/mol. The molecule has 2 aromatic rings. The summed E-state index contributed by atoms with van der Waals surface area (Å²) in [7, 11) is 0. The van der Waals surface area contributed by atoms with Gasteiger partial charge in [0.05, 0.1) is 6.10 Å². The van der Waals surface area contributed by atoms with Crippen LogP contribution in [0.1, 0.15) is 40.3 Å². The predicted octanol–water partition coefficient (Wildman–Crippen LogP) is 3.86. The van der Waals surface area contributed by atoms with Crippen LogP contribution in [0, 0.1) is 13.8 Å². The lowest BCUT2D eigenvalue weighted by molar-refractivity contribution is 0.180. The van der Waals surface area contributed by atoms with E-state index in [1.807, 2.05) is 12.1 Å². The average Bonchev–Trinajstić information content (AvgIpc) is 2.77.